The van der Waals surface area contributed by atoms with Crippen molar-refractivity contribution in [1.82, 2.24) is 15.5 Å². The van der Waals surface area contributed by atoms with E-state index in [1.807, 2.05) is 36.4 Å². The molecule has 2 aliphatic rings. The molecule has 1 fully saturated rings. The summed E-state index contributed by atoms with van der Waals surface area (Å²) in [5, 5.41) is 7.18. The molecule has 136 valence electrons. The van der Waals surface area contributed by atoms with Gasteiger partial charge in [0.1, 0.15) is 0 Å². The number of carbonyl (C=O) groups excluding carboxylic acids is 1. The molecule has 1 aliphatic heterocycles. The molecular formula is C20H17N3O4. The standard InChI is InChI=1S/C20H17N3O4/c24-19(22-11-13-3-7-21-8-4-13)20(5-6-20)18-10-16(27-23-18)14-1-2-15-17(9-14)26-12-25-15/h1-4,7-10H,5-6,11-12H2,(H,22,24). The lowest BCUT2D eigenvalue weighted by atomic mass is 10.00. The van der Waals surface area contributed by atoms with E-state index in [0.717, 1.165) is 24.0 Å². The lowest BCUT2D eigenvalue weighted by molar-refractivity contribution is -0.123. The second-order valence-corrected chi connectivity index (χ2v) is 6.76. The molecule has 2 aromatic heterocycles. The van der Waals surface area contributed by atoms with E-state index in [1.165, 1.54) is 0 Å². The van der Waals surface area contributed by atoms with Crippen LogP contribution in [0.4, 0.5) is 0 Å². The van der Waals surface area contributed by atoms with E-state index in [4.69, 9.17) is 14.0 Å². The van der Waals surface area contributed by atoms with Gasteiger partial charge in [-0.05, 0) is 48.7 Å². The van der Waals surface area contributed by atoms with Gasteiger partial charge in [0, 0.05) is 30.6 Å². The molecule has 0 spiro atoms. The summed E-state index contributed by atoms with van der Waals surface area (Å²) in [6.07, 6.45) is 4.96. The molecule has 1 saturated carbocycles. The van der Waals surface area contributed by atoms with E-state index in [2.05, 4.69) is 15.5 Å². The molecule has 3 aromatic rings. The van der Waals surface area contributed by atoms with Crippen LogP contribution in [-0.2, 0) is 16.8 Å². The van der Waals surface area contributed by atoms with E-state index < -0.39 is 5.41 Å². The first-order chi connectivity index (χ1) is 13.2. The lowest BCUT2D eigenvalue weighted by Gasteiger charge is -2.12. The van der Waals surface area contributed by atoms with Gasteiger partial charge >= 0.3 is 0 Å². The van der Waals surface area contributed by atoms with Crippen molar-refractivity contribution in [3.8, 4) is 22.8 Å². The Labute approximate surface area is 155 Å². The van der Waals surface area contributed by atoms with Crippen molar-refractivity contribution in [3.63, 3.8) is 0 Å². The van der Waals surface area contributed by atoms with E-state index in [-0.39, 0.29) is 12.7 Å². The summed E-state index contributed by atoms with van der Waals surface area (Å²) >= 11 is 0. The molecule has 1 amide bonds. The predicted molar refractivity (Wildman–Crippen MR) is 95.1 cm³/mol. The van der Waals surface area contributed by atoms with Crippen molar-refractivity contribution in [3.05, 3.63) is 60.0 Å². The van der Waals surface area contributed by atoms with Crippen molar-refractivity contribution in [2.24, 2.45) is 0 Å². The molecule has 0 saturated heterocycles. The van der Waals surface area contributed by atoms with Crippen LogP contribution in [-0.4, -0.2) is 22.8 Å². The second kappa shape index (κ2) is 6.12. The van der Waals surface area contributed by atoms with Crippen molar-refractivity contribution in [2.45, 2.75) is 24.8 Å². The SMILES string of the molecule is O=C(NCc1ccncc1)C1(c2cc(-c3ccc4c(c3)OCO4)on2)CC1. The van der Waals surface area contributed by atoms with Crippen LogP contribution in [0.2, 0.25) is 0 Å². The highest BCUT2D eigenvalue weighted by Crippen LogP contribution is 2.49. The van der Waals surface area contributed by atoms with Crippen molar-refractivity contribution < 1.29 is 18.8 Å². The largest absolute Gasteiger partial charge is 0.454 e. The van der Waals surface area contributed by atoms with Crippen LogP contribution in [0.3, 0.4) is 0 Å². The zero-order valence-corrected chi connectivity index (χ0v) is 14.5. The van der Waals surface area contributed by atoms with Crippen LogP contribution in [0.1, 0.15) is 24.1 Å². The molecule has 1 aromatic carbocycles. The summed E-state index contributed by atoms with van der Waals surface area (Å²) in [5.41, 5.74) is 1.93. The number of fused-ring (bicyclic) bond motifs is 1. The molecule has 0 radical (unpaired) electrons. The highest BCUT2D eigenvalue weighted by Gasteiger charge is 2.53. The Morgan fingerprint density at radius 1 is 1.07 bits per heavy atom. The Balaban J connectivity index is 1.33. The molecule has 1 N–H and O–H groups in total. The minimum Gasteiger partial charge on any atom is -0.454 e. The minimum absolute atomic E-state index is 0.0233. The smallest absolute Gasteiger partial charge is 0.232 e. The number of benzene rings is 1. The Morgan fingerprint density at radius 3 is 2.70 bits per heavy atom. The molecule has 3 heterocycles. The van der Waals surface area contributed by atoms with Gasteiger partial charge in [0.15, 0.2) is 17.3 Å². The Morgan fingerprint density at radius 2 is 1.89 bits per heavy atom. The normalized spacial score (nSPS) is 16.1. The van der Waals surface area contributed by atoms with Gasteiger partial charge in [0.2, 0.25) is 12.7 Å². The van der Waals surface area contributed by atoms with Gasteiger partial charge in [-0.2, -0.15) is 0 Å². The first-order valence-corrected chi connectivity index (χ1v) is 8.79. The molecule has 0 atom stereocenters. The van der Waals surface area contributed by atoms with Crippen LogP contribution < -0.4 is 14.8 Å². The molecule has 0 unspecified atom stereocenters. The quantitative estimate of drug-likeness (QED) is 0.750. The summed E-state index contributed by atoms with van der Waals surface area (Å²) < 4.78 is 16.2. The second-order valence-electron chi connectivity index (χ2n) is 6.76. The molecule has 1 aliphatic carbocycles. The van der Waals surface area contributed by atoms with Crippen LogP contribution in [0.15, 0.2) is 53.3 Å². The van der Waals surface area contributed by atoms with Crippen molar-refractivity contribution in [2.75, 3.05) is 6.79 Å². The number of nitrogens with zero attached hydrogens (tertiary/aromatic N) is 2. The number of rotatable bonds is 5. The minimum atomic E-state index is -0.592. The third kappa shape index (κ3) is 2.81. The fraction of sp³-hybridized carbons (Fsp3) is 0.250. The average molecular weight is 363 g/mol. The topological polar surface area (TPSA) is 86.5 Å². The van der Waals surface area contributed by atoms with Gasteiger partial charge in [-0.15, -0.1) is 0 Å². The fourth-order valence-corrected chi connectivity index (χ4v) is 3.26. The van der Waals surface area contributed by atoms with Crippen LogP contribution in [0.25, 0.3) is 11.3 Å². The third-order valence-electron chi connectivity index (χ3n) is 5.04. The van der Waals surface area contributed by atoms with Crippen molar-refractivity contribution >= 4 is 5.91 Å². The average Bonchev–Trinajstić information content (AvgIpc) is 3.15. The highest BCUT2D eigenvalue weighted by atomic mass is 16.7. The maximum absolute atomic E-state index is 12.8. The van der Waals surface area contributed by atoms with E-state index >= 15 is 0 Å². The van der Waals surface area contributed by atoms with Gasteiger partial charge < -0.3 is 19.3 Å². The zero-order chi connectivity index (χ0) is 18.3. The first kappa shape index (κ1) is 15.9. The van der Waals surface area contributed by atoms with Gasteiger partial charge in [-0.25, -0.2) is 0 Å². The zero-order valence-electron chi connectivity index (χ0n) is 14.5. The van der Waals surface area contributed by atoms with Gasteiger partial charge in [0.25, 0.3) is 0 Å². The number of amides is 1. The van der Waals surface area contributed by atoms with Crippen LogP contribution >= 0.6 is 0 Å². The Kier molecular flexibility index (Phi) is 3.60. The molecule has 7 heteroatoms. The first-order valence-electron chi connectivity index (χ1n) is 8.79. The number of hydrogen-bond acceptors (Lipinski definition) is 6. The van der Waals surface area contributed by atoms with Crippen LogP contribution in [0.5, 0.6) is 11.5 Å². The molecule has 5 rings (SSSR count). The maximum atomic E-state index is 12.8. The summed E-state index contributed by atoms with van der Waals surface area (Å²) in [5.74, 6) is 1.98. The monoisotopic (exact) mass is 363 g/mol. The van der Waals surface area contributed by atoms with E-state index in [9.17, 15) is 4.79 Å². The number of pyridine rings is 1. The van der Waals surface area contributed by atoms with Gasteiger partial charge in [0.05, 0.1) is 11.1 Å². The number of nitrogens with one attached hydrogen (secondary N) is 1. The van der Waals surface area contributed by atoms with Crippen LogP contribution in [0, 0.1) is 0 Å². The summed E-state index contributed by atoms with van der Waals surface area (Å²) in [6.45, 7) is 0.692. The van der Waals surface area contributed by atoms with E-state index in [0.29, 0.717) is 29.5 Å². The molecular weight excluding hydrogens is 346 g/mol. The van der Waals surface area contributed by atoms with Gasteiger partial charge in [-0.1, -0.05) is 5.16 Å². The third-order valence-corrected chi connectivity index (χ3v) is 5.04. The summed E-state index contributed by atoms with van der Waals surface area (Å²) in [6, 6.07) is 11.2. The van der Waals surface area contributed by atoms with Crippen molar-refractivity contribution in [1.29, 1.82) is 0 Å². The van der Waals surface area contributed by atoms with E-state index in [1.54, 1.807) is 12.4 Å². The summed E-state index contributed by atoms with van der Waals surface area (Å²) in [4.78, 5) is 16.7. The lowest BCUT2D eigenvalue weighted by Crippen LogP contribution is -2.34. The van der Waals surface area contributed by atoms with Gasteiger partial charge in [-0.3, -0.25) is 9.78 Å². The Hall–Kier alpha value is -3.35. The molecule has 0 bridgehead atoms. The predicted octanol–water partition coefficient (Wildman–Crippen LogP) is 2.81. The number of aromatic nitrogens is 2. The Bertz CT molecular complexity index is 995. The number of ether oxygens (including phenoxy) is 2. The molecule has 27 heavy (non-hydrogen) atoms. The highest BCUT2D eigenvalue weighted by molar-refractivity contribution is 5.91. The summed E-state index contributed by atoms with van der Waals surface area (Å²) in [7, 11) is 0. The number of hydrogen-bond donors (Lipinski definition) is 1. The number of carbonyl (C=O) groups is 1. The maximum Gasteiger partial charge on any atom is 0.232 e. The fourth-order valence-electron chi connectivity index (χ4n) is 3.26. The molecule has 7 nitrogen and oxygen atoms in total.